The molecule has 1 atom stereocenters. The third-order valence-corrected chi connectivity index (χ3v) is 4.05. The fraction of sp³-hybridized carbons (Fsp3) is 0.286. The third kappa shape index (κ3) is 3.78. The molecular weight excluding hydrogens is 280 g/mol. The number of hydrogen-bond donors (Lipinski definition) is 1. The van der Waals surface area contributed by atoms with E-state index >= 15 is 0 Å². The van der Waals surface area contributed by atoms with Crippen molar-refractivity contribution in [3.8, 4) is 0 Å². The van der Waals surface area contributed by atoms with E-state index in [-0.39, 0.29) is 11.9 Å². The number of nitrogens with zero attached hydrogens (tertiary/aromatic N) is 1. The minimum Gasteiger partial charge on any atom is -0.349 e. The summed E-state index contributed by atoms with van der Waals surface area (Å²) in [5, 5.41) is 3.36. The summed E-state index contributed by atoms with van der Waals surface area (Å²) in [6.07, 6.45) is 3.87. The zero-order valence-electron chi connectivity index (χ0n) is 10.8. The Bertz CT molecular complexity index is 582. The predicted molar refractivity (Wildman–Crippen MR) is 78.9 cm³/mol. The second-order valence-electron chi connectivity index (χ2n) is 4.45. The smallest absolute Gasteiger partial charge is 0.254 e. The Hall–Kier alpha value is -1.39. The van der Waals surface area contributed by atoms with Gasteiger partial charge in [0.2, 0.25) is 0 Å². The first-order valence-electron chi connectivity index (χ1n) is 6.02. The van der Waals surface area contributed by atoms with Crippen LogP contribution in [0.25, 0.3) is 0 Å². The third-order valence-electron chi connectivity index (χ3n) is 2.69. The number of aryl methyl sites for hydroxylation is 1. The molecule has 1 N–H and O–H groups in total. The van der Waals surface area contributed by atoms with Gasteiger partial charge in [-0.25, -0.2) is 0 Å². The number of amides is 1. The van der Waals surface area contributed by atoms with Gasteiger partial charge in [-0.05, 0) is 32.0 Å². The van der Waals surface area contributed by atoms with Crippen LogP contribution in [0.2, 0.25) is 5.02 Å². The van der Waals surface area contributed by atoms with Crippen LogP contribution in [0.5, 0.6) is 0 Å². The lowest BCUT2D eigenvalue weighted by molar-refractivity contribution is 0.0940. The van der Waals surface area contributed by atoms with Gasteiger partial charge in [0.15, 0.2) is 0 Å². The fourth-order valence-electron chi connectivity index (χ4n) is 1.79. The maximum Gasteiger partial charge on any atom is 0.254 e. The molecule has 2 heterocycles. The average Bonchev–Trinajstić information content (AvgIpc) is 2.74. The van der Waals surface area contributed by atoms with Gasteiger partial charge >= 0.3 is 0 Å². The summed E-state index contributed by atoms with van der Waals surface area (Å²) in [6, 6.07) is 5.86. The fourth-order valence-corrected chi connectivity index (χ4v) is 3.00. The van der Waals surface area contributed by atoms with Gasteiger partial charge in [0.25, 0.3) is 5.91 Å². The minimum atomic E-state index is -0.182. The SMILES string of the molecule is Cc1ccc(CC(C)NC(=O)c2cnccc2Cl)s1. The van der Waals surface area contributed by atoms with Gasteiger partial charge in [0, 0.05) is 34.6 Å². The van der Waals surface area contributed by atoms with Crippen molar-refractivity contribution in [2.45, 2.75) is 26.3 Å². The Morgan fingerprint density at radius 2 is 2.26 bits per heavy atom. The van der Waals surface area contributed by atoms with Crippen LogP contribution in [0.1, 0.15) is 27.0 Å². The van der Waals surface area contributed by atoms with Crippen molar-refractivity contribution in [2.75, 3.05) is 0 Å². The maximum atomic E-state index is 12.0. The molecule has 0 aliphatic heterocycles. The zero-order valence-corrected chi connectivity index (χ0v) is 12.4. The van der Waals surface area contributed by atoms with Crippen LogP contribution in [0, 0.1) is 6.92 Å². The summed E-state index contributed by atoms with van der Waals surface area (Å²) < 4.78 is 0. The van der Waals surface area contributed by atoms with Gasteiger partial charge in [-0.2, -0.15) is 0 Å². The highest BCUT2D eigenvalue weighted by atomic mass is 35.5. The van der Waals surface area contributed by atoms with E-state index in [1.807, 2.05) is 6.92 Å². The van der Waals surface area contributed by atoms with Gasteiger partial charge in [0.05, 0.1) is 10.6 Å². The second-order valence-corrected chi connectivity index (χ2v) is 6.23. The van der Waals surface area contributed by atoms with Crippen molar-refractivity contribution < 1.29 is 4.79 Å². The highest BCUT2D eigenvalue weighted by Gasteiger charge is 2.13. The number of halogens is 1. The number of carbonyl (C=O) groups is 1. The van der Waals surface area contributed by atoms with Gasteiger partial charge < -0.3 is 5.32 Å². The molecule has 0 radical (unpaired) electrons. The molecule has 2 aromatic heterocycles. The summed E-state index contributed by atoms with van der Waals surface area (Å²) >= 11 is 7.72. The van der Waals surface area contributed by atoms with Gasteiger partial charge in [-0.15, -0.1) is 11.3 Å². The van der Waals surface area contributed by atoms with Crippen LogP contribution < -0.4 is 5.32 Å². The van der Waals surface area contributed by atoms with Crippen molar-refractivity contribution in [1.29, 1.82) is 0 Å². The number of thiophene rings is 1. The molecule has 19 heavy (non-hydrogen) atoms. The van der Waals surface area contributed by atoms with Crippen LogP contribution in [0.3, 0.4) is 0 Å². The molecule has 2 rings (SSSR count). The Labute approximate surface area is 121 Å². The molecule has 5 heteroatoms. The standard InChI is InChI=1S/C14H15ClN2OS/c1-9(7-11-4-3-10(2)19-11)17-14(18)12-8-16-6-5-13(12)15/h3-6,8-9H,7H2,1-2H3,(H,17,18). The van der Waals surface area contributed by atoms with Crippen LogP contribution >= 0.6 is 22.9 Å². The molecule has 0 saturated heterocycles. The summed E-state index contributed by atoms with van der Waals surface area (Å²) in [6.45, 7) is 4.06. The lowest BCUT2D eigenvalue weighted by Crippen LogP contribution is -2.34. The summed E-state index contributed by atoms with van der Waals surface area (Å²) in [5.74, 6) is -0.182. The van der Waals surface area contributed by atoms with E-state index in [2.05, 4.69) is 29.4 Å². The van der Waals surface area contributed by atoms with E-state index in [4.69, 9.17) is 11.6 Å². The predicted octanol–water partition coefficient (Wildman–Crippen LogP) is 3.47. The van der Waals surface area contributed by atoms with E-state index in [0.717, 1.165) is 6.42 Å². The van der Waals surface area contributed by atoms with Gasteiger partial charge in [-0.1, -0.05) is 11.6 Å². The number of aromatic nitrogens is 1. The summed E-state index contributed by atoms with van der Waals surface area (Å²) in [7, 11) is 0. The van der Waals surface area contributed by atoms with E-state index in [1.54, 1.807) is 23.6 Å². The number of rotatable bonds is 4. The van der Waals surface area contributed by atoms with Crippen LogP contribution in [0.15, 0.2) is 30.6 Å². The molecule has 0 aromatic carbocycles. The Morgan fingerprint density at radius 3 is 2.89 bits per heavy atom. The van der Waals surface area contributed by atoms with Crippen LogP contribution in [0.4, 0.5) is 0 Å². The average molecular weight is 295 g/mol. The molecule has 100 valence electrons. The van der Waals surface area contributed by atoms with Gasteiger partial charge in [-0.3, -0.25) is 9.78 Å². The van der Waals surface area contributed by atoms with Crippen LogP contribution in [-0.4, -0.2) is 16.9 Å². The van der Waals surface area contributed by atoms with Gasteiger partial charge in [0.1, 0.15) is 0 Å². The molecule has 0 saturated carbocycles. The Kier molecular flexibility index (Phi) is 4.56. The van der Waals surface area contributed by atoms with E-state index < -0.39 is 0 Å². The number of carbonyl (C=O) groups excluding carboxylic acids is 1. The first-order chi connectivity index (χ1) is 9.06. The first kappa shape index (κ1) is 14.0. The normalized spacial score (nSPS) is 12.2. The quantitative estimate of drug-likeness (QED) is 0.938. The maximum absolute atomic E-state index is 12.0. The largest absolute Gasteiger partial charge is 0.349 e. The summed E-state index contributed by atoms with van der Waals surface area (Å²) in [4.78, 5) is 18.5. The highest BCUT2D eigenvalue weighted by Crippen LogP contribution is 2.17. The van der Waals surface area contributed by atoms with E-state index in [1.165, 1.54) is 16.0 Å². The highest BCUT2D eigenvalue weighted by molar-refractivity contribution is 7.11. The van der Waals surface area contributed by atoms with Crippen molar-refractivity contribution in [2.24, 2.45) is 0 Å². The Balaban J connectivity index is 1.97. The van der Waals surface area contributed by atoms with Crippen molar-refractivity contribution in [3.63, 3.8) is 0 Å². The topological polar surface area (TPSA) is 42.0 Å². The molecule has 0 bridgehead atoms. The lowest BCUT2D eigenvalue weighted by Gasteiger charge is -2.13. The Morgan fingerprint density at radius 1 is 1.47 bits per heavy atom. The minimum absolute atomic E-state index is 0.0572. The molecule has 1 unspecified atom stereocenters. The number of hydrogen-bond acceptors (Lipinski definition) is 3. The summed E-state index contributed by atoms with van der Waals surface area (Å²) in [5.41, 5.74) is 0.415. The lowest BCUT2D eigenvalue weighted by atomic mass is 10.2. The van der Waals surface area contributed by atoms with Crippen LogP contribution in [-0.2, 0) is 6.42 Å². The molecule has 0 aliphatic rings. The van der Waals surface area contributed by atoms with E-state index in [0.29, 0.717) is 10.6 Å². The van der Waals surface area contributed by atoms with E-state index in [9.17, 15) is 4.79 Å². The first-order valence-corrected chi connectivity index (χ1v) is 7.21. The number of pyridine rings is 1. The second kappa shape index (κ2) is 6.17. The molecule has 3 nitrogen and oxygen atoms in total. The molecule has 0 aliphatic carbocycles. The van der Waals surface area contributed by atoms with Crippen molar-refractivity contribution in [3.05, 3.63) is 50.9 Å². The number of nitrogens with one attached hydrogen (secondary N) is 1. The van der Waals surface area contributed by atoms with Crippen molar-refractivity contribution in [1.82, 2.24) is 10.3 Å². The molecule has 0 fully saturated rings. The molecular formula is C14H15ClN2OS. The monoisotopic (exact) mass is 294 g/mol. The molecule has 2 aromatic rings. The molecule has 0 spiro atoms. The van der Waals surface area contributed by atoms with Crippen molar-refractivity contribution >= 4 is 28.8 Å². The zero-order chi connectivity index (χ0) is 13.8. The molecule has 1 amide bonds.